The van der Waals surface area contributed by atoms with Gasteiger partial charge in [-0.2, -0.15) is 5.10 Å². The average Bonchev–Trinajstić information content (AvgIpc) is 2.87. The number of benzene rings is 2. The number of nitrogens with one attached hydrogen (secondary N) is 1. The van der Waals surface area contributed by atoms with E-state index in [-0.39, 0.29) is 0 Å². The van der Waals surface area contributed by atoms with Crippen molar-refractivity contribution in [2.45, 2.75) is 13.8 Å². The predicted octanol–water partition coefficient (Wildman–Crippen LogP) is 4.06. The molecule has 0 bridgehead atoms. The molecule has 0 saturated carbocycles. The highest BCUT2D eigenvalue weighted by molar-refractivity contribution is 7.22. The first kappa shape index (κ1) is 13.6. The van der Waals surface area contributed by atoms with Gasteiger partial charge >= 0.3 is 0 Å². The standard InChI is InChI=1S/C16H15N3OS/c1-10-7-12(8-11(2)15(10)20)9-17-19-16-18-13-5-3-4-6-14(13)21-16/h3-9,20H,1-2H3,(H,18,19)/b17-9+. The fraction of sp³-hybridized carbons (Fsp3) is 0.125. The van der Waals surface area contributed by atoms with Crippen LogP contribution in [0.1, 0.15) is 16.7 Å². The normalized spacial score (nSPS) is 11.3. The minimum absolute atomic E-state index is 0.339. The Morgan fingerprint density at radius 3 is 2.62 bits per heavy atom. The van der Waals surface area contributed by atoms with Crippen LogP contribution in [-0.4, -0.2) is 16.3 Å². The van der Waals surface area contributed by atoms with Gasteiger partial charge in [-0.15, -0.1) is 0 Å². The first-order valence-corrected chi connectivity index (χ1v) is 7.40. The van der Waals surface area contributed by atoms with Crippen LogP contribution < -0.4 is 5.43 Å². The number of aryl methyl sites for hydroxylation is 2. The lowest BCUT2D eigenvalue weighted by Crippen LogP contribution is -1.91. The molecule has 0 aliphatic rings. The van der Waals surface area contributed by atoms with Crippen molar-refractivity contribution in [2.75, 3.05) is 5.43 Å². The van der Waals surface area contributed by atoms with E-state index in [9.17, 15) is 5.11 Å². The maximum Gasteiger partial charge on any atom is 0.204 e. The van der Waals surface area contributed by atoms with E-state index in [1.165, 1.54) is 0 Å². The summed E-state index contributed by atoms with van der Waals surface area (Å²) in [5, 5.41) is 14.7. The predicted molar refractivity (Wildman–Crippen MR) is 88.4 cm³/mol. The van der Waals surface area contributed by atoms with Gasteiger partial charge in [0.2, 0.25) is 5.13 Å². The van der Waals surface area contributed by atoms with E-state index in [1.54, 1.807) is 17.6 Å². The third-order valence-electron chi connectivity index (χ3n) is 3.18. The zero-order chi connectivity index (χ0) is 14.8. The lowest BCUT2D eigenvalue weighted by molar-refractivity contribution is 0.467. The van der Waals surface area contributed by atoms with Crippen molar-refractivity contribution in [3.63, 3.8) is 0 Å². The molecule has 0 amide bonds. The molecule has 5 heteroatoms. The Hall–Kier alpha value is -2.40. The van der Waals surface area contributed by atoms with Crippen molar-refractivity contribution >= 4 is 32.9 Å². The molecular formula is C16H15N3OS. The average molecular weight is 297 g/mol. The number of aromatic nitrogens is 1. The van der Waals surface area contributed by atoms with Gasteiger partial charge in [-0.1, -0.05) is 23.5 Å². The molecule has 106 valence electrons. The van der Waals surface area contributed by atoms with Crippen LogP contribution in [0.5, 0.6) is 5.75 Å². The molecule has 21 heavy (non-hydrogen) atoms. The number of hydrogen-bond acceptors (Lipinski definition) is 5. The van der Waals surface area contributed by atoms with E-state index >= 15 is 0 Å². The summed E-state index contributed by atoms with van der Waals surface area (Å²) in [7, 11) is 0. The summed E-state index contributed by atoms with van der Waals surface area (Å²) in [5.74, 6) is 0.339. The molecule has 3 rings (SSSR count). The number of thiazole rings is 1. The second-order valence-electron chi connectivity index (χ2n) is 4.86. The smallest absolute Gasteiger partial charge is 0.204 e. The van der Waals surface area contributed by atoms with Crippen molar-refractivity contribution in [3.8, 4) is 5.75 Å². The number of phenolic OH excluding ortho intramolecular Hbond substituents is 1. The number of phenols is 1. The molecule has 0 saturated heterocycles. The number of anilines is 1. The van der Waals surface area contributed by atoms with Crippen molar-refractivity contribution < 1.29 is 5.11 Å². The van der Waals surface area contributed by atoms with Crippen LogP contribution in [0.2, 0.25) is 0 Å². The summed E-state index contributed by atoms with van der Waals surface area (Å²) in [6.07, 6.45) is 1.73. The van der Waals surface area contributed by atoms with E-state index in [0.717, 1.165) is 32.0 Å². The number of nitrogens with zero attached hydrogens (tertiary/aromatic N) is 2. The number of aromatic hydroxyl groups is 1. The molecule has 3 aromatic rings. The van der Waals surface area contributed by atoms with Crippen LogP contribution in [0.25, 0.3) is 10.2 Å². The Morgan fingerprint density at radius 2 is 1.90 bits per heavy atom. The second-order valence-corrected chi connectivity index (χ2v) is 5.89. The molecule has 1 heterocycles. The fourth-order valence-corrected chi connectivity index (χ4v) is 2.96. The maximum absolute atomic E-state index is 9.75. The van der Waals surface area contributed by atoms with Gasteiger partial charge in [0.15, 0.2) is 0 Å². The molecule has 2 aromatic carbocycles. The van der Waals surface area contributed by atoms with Crippen molar-refractivity contribution in [3.05, 3.63) is 53.1 Å². The lowest BCUT2D eigenvalue weighted by Gasteiger charge is -2.04. The summed E-state index contributed by atoms with van der Waals surface area (Å²) in [5.41, 5.74) is 6.55. The first-order chi connectivity index (χ1) is 10.1. The number of para-hydroxylation sites is 1. The van der Waals surface area contributed by atoms with Gasteiger partial charge in [0.25, 0.3) is 0 Å². The van der Waals surface area contributed by atoms with E-state index in [2.05, 4.69) is 15.5 Å². The Labute approximate surface area is 126 Å². The summed E-state index contributed by atoms with van der Waals surface area (Å²) < 4.78 is 1.13. The zero-order valence-electron chi connectivity index (χ0n) is 11.8. The Kier molecular flexibility index (Phi) is 3.58. The van der Waals surface area contributed by atoms with Gasteiger partial charge in [-0.25, -0.2) is 4.98 Å². The largest absolute Gasteiger partial charge is 0.507 e. The molecule has 0 unspecified atom stereocenters. The highest BCUT2D eigenvalue weighted by Crippen LogP contribution is 2.25. The van der Waals surface area contributed by atoms with Gasteiger partial charge < -0.3 is 5.11 Å². The highest BCUT2D eigenvalue weighted by atomic mass is 32.1. The quantitative estimate of drug-likeness (QED) is 0.566. The molecule has 0 aliphatic heterocycles. The van der Waals surface area contributed by atoms with Crippen molar-refractivity contribution in [2.24, 2.45) is 5.10 Å². The van der Waals surface area contributed by atoms with Crippen LogP contribution in [0.15, 0.2) is 41.5 Å². The molecule has 0 spiro atoms. The topological polar surface area (TPSA) is 57.5 Å². The Balaban J connectivity index is 1.77. The van der Waals surface area contributed by atoms with Crippen molar-refractivity contribution in [1.29, 1.82) is 0 Å². The summed E-state index contributed by atoms with van der Waals surface area (Å²) in [6.45, 7) is 3.75. The van der Waals surface area contributed by atoms with Crippen LogP contribution in [0.3, 0.4) is 0 Å². The number of hydrazone groups is 1. The number of hydrogen-bond donors (Lipinski definition) is 2. The third kappa shape index (κ3) is 2.87. The molecule has 0 atom stereocenters. The SMILES string of the molecule is Cc1cc(/C=N/Nc2nc3ccccc3s2)cc(C)c1O. The maximum atomic E-state index is 9.75. The molecule has 0 radical (unpaired) electrons. The van der Waals surface area contributed by atoms with Gasteiger partial charge in [0, 0.05) is 0 Å². The minimum atomic E-state index is 0.339. The van der Waals surface area contributed by atoms with E-state index in [0.29, 0.717) is 5.75 Å². The molecular weight excluding hydrogens is 282 g/mol. The molecule has 2 N–H and O–H groups in total. The third-order valence-corrected chi connectivity index (χ3v) is 4.12. The van der Waals surface area contributed by atoms with Gasteiger partial charge in [-0.3, -0.25) is 5.43 Å². The number of rotatable bonds is 3. The Bertz CT molecular complexity index is 767. The van der Waals surface area contributed by atoms with Gasteiger partial charge in [-0.05, 0) is 54.8 Å². The van der Waals surface area contributed by atoms with Crippen LogP contribution in [0, 0.1) is 13.8 Å². The zero-order valence-corrected chi connectivity index (χ0v) is 12.6. The van der Waals surface area contributed by atoms with Crippen LogP contribution >= 0.6 is 11.3 Å². The van der Waals surface area contributed by atoms with E-state index < -0.39 is 0 Å². The summed E-state index contributed by atoms with van der Waals surface area (Å²) in [4.78, 5) is 4.45. The van der Waals surface area contributed by atoms with Gasteiger partial charge in [0.1, 0.15) is 5.75 Å². The summed E-state index contributed by atoms with van der Waals surface area (Å²) >= 11 is 1.57. The second kappa shape index (κ2) is 5.54. The lowest BCUT2D eigenvalue weighted by atomic mass is 10.1. The fourth-order valence-electron chi connectivity index (χ4n) is 2.15. The monoisotopic (exact) mass is 297 g/mol. The first-order valence-electron chi connectivity index (χ1n) is 6.58. The molecule has 1 aromatic heterocycles. The van der Waals surface area contributed by atoms with Crippen molar-refractivity contribution in [1.82, 2.24) is 4.98 Å². The Morgan fingerprint density at radius 1 is 1.19 bits per heavy atom. The van der Waals surface area contributed by atoms with E-state index in [1.807, 2.05) is 50.2 Å². The van der Waals surface area contributed by atoms with Gasteiger partial charge in [0.05, 0.1) is 16.4 Å². The molecule has 0 fully saturated rings. The minimum Gasteiger partial charge on any atom is -0.507 e. The van der Waals surface area contributed by atoms with E-state index in [4.69, 9.17) is 0 Å². The highest BCUT2D eigenvalue weighted by Gasteiger charge is 2.03. The molecule has 0 aliphatic carbocycles. The molecule has 4 nitrogen and oxygen atoms in total. The summed E-state index contributed by atoms with van der Waals surface area (Å²) in [6, 6.07) is 11.8. The van der Waals surface area contributed by atoms with Crippen LogP contribution in [0.4, 0.5) is 5.13 Å². The number of fused-ring (bicyclic) bond motifs is 1. The van der Waals surface area contributed by atoms with Crippen LogP contribution in [-0.2, 0) is 0 Å².